The van der Waals surface area contributed by atoms with Gasteiger partial charge in [0.05, 0.1) is 6.10 Å². The molecule has 0 heterocycles. The first-order valence-corrected chi connectivity index (χ1v) is 9.54. The summed E-state index contributed by atoms with van der Waals surface area (Å²) in [6.07, 6.45) is 2.22. The average molecular weight is 349 g/mol. The van der Waals surface area contributed by atoms with Crippen LogP contribution in [0.25, 0.3) is 0 Å². The third-order valence-corrected chi connectivity index (χ3v) is 4.31. The Morgan fingerprint density at radius 2 is 1.72 bits per heavy atom. The number of rotatable bonds is 12. The van der Waals surface area contributed by atoms with Gasteiger partial charge >= 0.3 is 0 Å². The third kappa shape index (κ3) is 9.46. The van der Waals surface area contributed by atoms with Crippen molar-refractivity contribution in [3.63, 3.8) is 0 Å². The molecule has 1 aromatic carbocycles. The van der Waals surface area contributed by atoms with Gasteiger partial charge in [-0.3, -0.25) is 4.99 Å². The molecule has 2 N–H and O–H groups in total. The molecule has 1 unspecified atom stereocenters. The van der Waals surface area contributed by atoms with Crippen molar-refractivity contribution in [1.29, 1.82) is 0 Å². The van der Waals surface area contributed by atoms with E-state index in [4.69, 9.17) is 4.74 Å². The van der Waals surface area contributed by atoms with Gasteiger partial charge in [0, 0.05) is 26.7 Å². The molecule has 5 heteroatoms. The molecule has 0 radical (unpaired) electrons. The number of nitrogens with zero attached hydrogens (tertiary/aromatic N) is 2. The maximum Gasteiger partial charge on any atom is 0.190 e. The first kappa shape index (κ1) is 21.5. The van der Waals surface area contributed by atoms with E-state index in [0.717, 1.165) is 58.1 Å². The Balaban J connectivity index is 2.09. The number of ether oxygens (including phenoxy) is 1. The van der Waals surface area contributed by atoms with Crippen LogP contribution in [0.15, 0.2) is 35.3 Å². The Bertz CT molecular complexity index is 460. The summed E-state index contributed by atoms with van der Waals surface area (Å²) < 4.78 is 5.89. The Labute approximate surface area is 153 Å². The number of guanidine groups is 1. The van der Waals surface area contributed by atoms with Gasteiger partial charge in [-0.1, -0.05) is 44.2 Å². The van der Waals surface area contributed by atoms with Gasteiger partial charge in [-0.15, -0.1) is 0 Å². The van der Waals surface area contributed by atoms with Gasteiger partial charge in [-0.2, -0.15) is 0 Å². The first-order chi connectivity index (χ1) is 12.2. The van der Waals surface area contributed by atoms with Crippen molar-refractivity contribution in [2.24, 2.45) is 4.99 Å². The number of nitrogens with one attached hydrogen (secondary N) is 2. The Morgan fingerprint density at radius 3 is 2.32 bits per heavy atom. The number of aliphatic imine (C=N–C) groups is 1. The highest BCUT2D eigenvalue weighted by molar-refractivity contribution is 5.79. The molecule has 5 nitrogen and oxygen atoms in total. The molecule has 0 aliphatic rings. The van der Waals surface area contributed by atoms with Crippen molar-refractivity contribution >= 4 is 5.96 Å². The summed E-state index contributed by atoms with van der Waals surface area (Å²) in [6, 6.07) is 10.3. The summed E-state index contributed by atoms with van der Waals surface area (Å²) >= 11 is 0. The van der Waals surface area contributed by atoms with Crippen LogP contribution in [-0.4, -0.2) is 57.2 Å². The maximum atomic E-state index is 5.89. The van der Waals surface area contributed by atoms with E-state index in [9.17, 15) is 0 Å². The molecule has 0 bridgehead atoms. The molecule has 0 amide bonds. The monoisotopic (exact) mass is 348 g/mol. The molecule has 25 heavy (non-hydrogen) atoms. The van der Waals surface area contributed by atoms with Gasteiger partial charge in [0.25, 0.3) is 0 Å². The normalized spacial score (nSPS) is 13.1. The molecular weight excluding hydrogens is 312 g/mol. The van der Waals surface area contributed by atoms with Gasteiger partial charge in [0.1, 0.15) is 0 Å². The van der Waals surface area contributed by atoms with E-state index in [0.29, 0.717) is 0 Å². The van der Waals surface area contributed by atoms with Gasteiger partial charge in [0.2, 0.25) is 0 Å². The lowest BCUT2D eigenvalue weighted by Crippen LogP contribution is -2.39. The van der Waals surface area contributed by atoms with E-state index in [2.05, 4.69) is 53.4 Å². The van der Waals surface area contributed by atoms with Crippen LogP contribution in [0, 0.1) is 0 Å². The molecule has 142 valence electrons. The van der Waals surface area contributed by atoms with E-state index in [1.807, 2.05) is 25.2 Å². The Morgan fingerprint density at radius 1 is 1.08 bits per heavy atom. The van der Waals surface area contributed by atoms with Crippen molar-refractivity contribution in [2.75, 3.05) is 46.4 Å². The summed E-state index contributed by atoms with van der Waals surface area (Å²) in [6.45, 7) is 12.4. The number of benzene rings is 1. The van der Waals surface area contributed by atoms with Gasteiger partial charge in [0.15, 0.2) is 5.96 Å². The van der Waals surface area contributed by atoms with E-state index >= 15 is 0 Å². The van der Waals surface area contributed by atoms with Crippen molar-refractivity contribution in [3.05, 3.63) is 35.9 Å². The molecule has 0 saturated heterocycles. The number of hydrogen-bond acceptors (Lipinski definition) is 3. The lowest BCUT2D eigenvalue weighted by Gasteiger charge is -2.18. The van der Waals surface area contributed by atoms with Crippen LogP contribution in [-0.2, 0) is 4.74 Å². The standard InChI is InChI=1S/C20H36N4O/c1-5-24(6-2)16-10-14-22-20(21-4)23-15-11-17-25-18(3)19-12-8-7-9-13-19/h7-9,12-13,18H,5-6,10-11,14-17H2,1-4H3,(H2,21,22,23). The third-order valence-electron chi connectivity index (χ3n) is 4.31. The fourth-order valence-corrected chi connectivity index (χ4v) is 2.63. The van der Waals surface area contributed by atoms with Crippen LogP contribution in [0.4, 0.5) is 0 Å². The van der Waals surface area contributed by atoms with Gasteiger partial charge in [-0.05, 0) is 45.0 Å². The summed E-state index contributed by atoms with van der Waals surface area (Å²) in [4.78, 5) is 6.70. The predicted molar refractivity (Wildman–Crippen MR) is 107 cm³/mol. The SMILES string of the molecule is CCN(CC)CCCNC(=NC)NCCCOC(C)c1ccccc1. The highest BCUT2D eigenvalue weighted by Crippen LogP contribution is 2.15. The van der Waals surface area contributed by atoms with Crippen LogP contribution >= 0.6 is 0 Å². The summed E-state index contributed by atoms with van der Waals surface area (Å²) in [7, 11) is 1.81. The maximum absolute atomic E-state index is 5.89. The quantitative estimate of drug-likeness (QED) is 0.346. The zero-order valence-electron chi connectivity index (χ0n) is 16.4. The summed E-state index contributed by atoms with van der Waals surface area (Å²) in [5, 5.41) is 6.71. The highest BCUT2D eigenvalue weighted by Gasteiger charge is 2.04. The van der Waals surface area contributed by atoms with Crippen LogP contribution in [0.5, 0.6) is 0 Å². The summed E-state index contributed by atoms with van der Waals surface area (Å²) in [5.74, 6) is 0.871. The second-order valence-electron chi connectivity index (χ2n) is 6.08. The second-order valence-corrected chi connectivity index (χ2v) is 6.08. The molecule has 0 spiro atoms. The molecule has 0 aromatic heterocycles. The topological polar surface area (TPSA) is 48.9 Å². The molecule has 0 aliphatic heterocycles. The highest BCUT2D eigenvalue weighted by atomic mass is 16.5. The summed E-state index contributed by atoms with van der Waals surface area (Å²) in [5.41, 5.74) is 1.22. The van der Waals surface area contributed by atoms with Gasteiger partial charge < -0.3 is 20.3 Å². The van der Waals surface area contributed by atoms with E-state index in [1.54, 1.807) is 0 Å². The zero-order chi connectivity index (χ0) is 18.3. The van der Waals surface area contributed by atoms with E-state index in [1.165, 1.54) is 5.56 Å². The fourth-order valence-electron chi connectivity index (χ4n) is 2.63. The minimum absolute atomic E-state index is 0.138. The van der Waals surface area contributed by atoms with Crippen molar-refractivity contribution in [1.82, 2.24) is 15.5 Å². The molecule has 0 saturated carbocycles. The lowest BCUT2D eigenvalue weighted by molar-refractivity contribution is 0.0646. The molecule has 0 fully saturated rings. The first-order valence-electron chi connectivity index (χ1n) is 9.54. The fraction of sp³-hybridized carbons (Fsp3) is 0.650. The van der Waals surface area contributed by atoms with Crippen molar-refractivity contribution < 1.29 is 4.74 Å². The Kier molecular flexibility index (Phi) is 11.7. The molecule has 1 rings (SSSR count). The largest absolute Gasteiger partial charge is 0.374 e. The van der Waals surface area contributed by atoms with E-state index in [-0.39, 0.29) is 6.10 Å². The minimum atomic E-state index is 0.138. The van der Waals surface area contributed by atoms with Crippen LogP contribution < -0.4 is 10.6 Å². The molecule has 0 aliphatic carbocycles. The van der Waals surface area contributed by atoms with Crippen LogP contribution in [0.1, 0.15) is 45.3 Å². The molecule has 1 atom stereocenters. The predicted octanol–water partition coefficient (Wildman–Crippen LogP) is 3.05. The Hall–Kier alpha value is -1.59. The van der Waals surface area contributed by atoms with Crippen molar-refractivity contribution in [2.45, 2.75) is 39.7 Å². The number of hydrogen-bond donors (Lipinski definition) is 2. The molecule has 1 aromatic rings. The van der Waals surface area contributed by atoms with E-state index < -0.39 is 0 Å². The minimum Gasteiger partial charge on any atom is -0.374 e. The second kappa shape index (κ2) is 13.7. The average Bonchev–Trinajstić information content (AvgIpc) is 2.66. The molecular formula is C20H36N4O. The van der Waals surface area contributed by atoms with Gasteiger partial charge in [-0.25, -0.2) is 0 Å². The zero-order valence-corrected chi connectivity index (χ0v) is 16.4. The van der Waals surface area contributed by atoms with Crippen LogP contribution in [0.3, 0.4) is 0 Å². The smallest absolute Gasteiger partial charge is 0.190 e. The van der Waals surface area contributed by atoms with Crippen LogP contribution in [0.2, 0.25) is 0 Å². The lowest BCUT2D eigenvalue weighted by atomic mass is 10.1. The van der Waals surface area contributed by atoms with Crippen molar-refractivity contribution in [3.8, 4) is 0 Å².